The second-order valence-corrected chi connectivity index (χ2v) is 6.06. The van der Waals surface area contributed by atoms with E-state index < -0.39 is 0 Å². The molecule has 1 unspecified atom stereocenters. The van der Waals surface area contributed by atoms with Gasteiger partial charge in [-0.05, 0) is 44.8 Å². The average Bonchev–Trinajstić information content (AvgIpc) is 3.14. The standard InChI is InChI=1S/C15H22N6O/c1-11(10-20-7-3-4-8-20)9-17-14(22)13-18-15-16-6-5-12(2)21(15)19-13/h5-6,11H,3-4,7-10H2,1-2H3,(H,17,22). The molecule has 118 valence electrons. The number of carbonyl (C=O) groups is 1. The van der Waals surface area contributed by atoms with Crippen LogP contribution in [0.25, 0.3) is 5.78 Å². The molecule has 2 aromatic rings. The van der Waals surface area contributed by atoms with E-state index in [1.165, 1.54) is 25.9 Å². The molecule has 0 spiro atoms. The Labute approximate surface area is 129 Å². The number of nitrogens with one attached hydrogen (secondary N) is 1. The maximum Gasteiger partial charge on any atom is 0.291 e. The van der Waals surface area contributed by atoms with Crippen molar-refractivity contribution in [2.24, 2.45) is 5.92 Å². The smallest absolute Gasteiger partial charge is 0.291 e. The van der Waals surface area contributed by atoms with Crippen LogP contribution in [0.3, 0.4) is 0 Å². The predicted molar refractivity (Wildman–Crippen MR) is 82.7 cm³/mol. The first-order valence-corrected chi connectivity index (χ1v) is 7.82. The molecule has 0 aliphatic carbocycles. The molecule has 0 saturated carbocycles. The minimum atomic E-state index is -0.238. The van der Waals surface area contributed by atoms with E-state index in [2.05, 4.69) is 32.2 Å². The van der Waals surface area contributed by atoms with Crippen molar-refractivity contribution in [3.63, 3.8) is 0 Å². The molecular formula is C15H22N6O. The summed E-state index contributed by atoms with van der Waals surface area (Å²) >= 11 is 0. The van der Waals surface area contributed by atoms with Gasteiger partial charge in [-0.1, -0.05) is 6.92 Å². The number of carbonyl (C=O) groups excluding carboxylic acids is 1. The Morgan fingerprint density at radius 3 is 2.91 bits per heavy atom. The fourth-order valence-electron chi connectivity index (χ4n) is 2.82. The number of nitrogens with zero attached hydrogens (tertiary/aromatic N) is 5. The van der Waals surface area contributed by atoms with Crippen molar-refractivity contribution in [2.45, 2.75) is 26.7 Å². The van der Waals surface area contributed by atoms with E-state index in [0.29, 0.717) is 18.2 Å². The summed E-state index contributed by atoms with van der Waals surface area (Å²) in [6.07, 6.45) is 4.24. The maximum absolute atomic E-state index is 12.2. The third-order valence-electron chi connectivity index (χ3n) is 4.01. The quantitative estimate of drug-likeness (QED) is 0.888. The summed E-state index contributed by atoms with van der Waals surface area (Å²) in [6.45, 7) is 8.08. The Morgan fingerprint density at radius 2 is 2.18 bits per heavy atom. The third kappa shape index (κ3) is 3.24. The van der Waals surface area contributed by atoms with Gasteiger partial charge >= 0.3 is 0 Å². The number of fused-ring (bicyclic) bond motifs is 1. The molecule has 3 heterocycles. The number of aryl methyl sites for hydroxylation is 1. The van der Waals surface area contributed by atoms with E-state index in [1.54, 1.807) is 10.7 Å². The van der Waals surface area contributed by atoms with Gasteiger partial charge in [-0.3, -0.25) is 4.79 Å². The number of rotatable bonds is 5. The molecule has 7 nitrogen and oxygen atoms in total. The summed E-state index contributed by atoms with van der Waals surface area (Å²) in [4.78, 5) is 22.9. The lowest BCUT2D eigenvalue weighted by Crippen LogP contribution is -2.34. The molecule has 1 fully saturated rings. The van der Waals surface area contributed by atoms with Gasteiger partial charge < -0.3 is 10.2 Å². The molecule has 1 aliphatic rings. The number of likely N-dealkylation sites (tertiary alicyclic amines) is 1. The Bertz CT molecular complexity index is 661. The van der Waals surface area contributed by atoms with E-state index >= 15 is 0 Å². The summed E-state index contributed by atoms with van der Waals surface area (Å²) in [6, 6.07) is 1.83. The molecule has 22 heavy (non-hydrogen) atoms. The second-order valence-electron chi connectivity index (χ2n) is 6.06. The topological polar surface area (TPSA) is 75.4 Å². The lowest BCUT2D eigenvalue weighted by Gasteiger charge is -2.20. The predicted octanol–water partition coefficient (Wildman–Crippen LogP) is 0.894. The molecule has 1 amide bonds. The van der Waals surface area contributed by atoms with Gasteiger partial charge in [0.1, 0.15) is 0 Å². The highest BCUT2D eigenvalue weighted by Gasteiger charge is 2.17. The van der Waals surface area contributed by atoms with Crippen LogP contribution in [0.5, 0.6) is 0 Å². The first-order valence-electron chi connectivity index (χ1n) is 7.82. The van der Waals surface area contributed by atoms with Crippen molar-refractivity contribution < 1.29 is 4.79 Å². The summed E-state index contributed by atoms with van der Waals surface area (Å²) in [5.74, 6) is 0.808. The molecule has 1 atom stereocenters. The highest BCUT2D eigenvalue weighted by molar-refractivity contribution is 5.90. The van der Waals surface area contributed by atoms with Crippen LogP contribution in [-0.4, -0.2) is 56.6 Å². The molecule has 0 bridgehead atoms. The Morgan fingerprint density at radius 1 is 1.41 bits per heavy atom. The lowest BCUT2D eigenvalue weighted by atomic mass is 10.1. The monoisotopic (exact) mass is 302 g/mol. The van der Waals surface area contributed by atoms with Gasteiger partial charge in [0.15, 0.2) is 0 Å². The van der Waals surface area contributed by atoms with E-state index in [-0.39, 0.29) is 11.7 Å². The van der Waals surface area contributed by atoms with E-state index in [4.69, 9.17) is 0 Å². The van der Waals surface area contributed by atoms with Gasteiger partial charge in [0.2, 0.25) is 5.82 Å². The molecule has 2 aromatic heterocycles. The minimum Gasteiger partial charge on any atom is -0.349 e. The van der Waals surface area contributed by atoms with Gasteiger partial charge in [-0.2, -0.15) is 4.98 Å². The number of aromatic nitrogens is 4. The highest BCUT2D eigenvalue weighted by Crippen LogP contribution is 2.10. The van der Waals surface area contributed by atoms with Crippen molar-refractivity contribution in [3.8, 4) is 0 Å². The normalized spacial score (nSPS) is 17.0. The zero-order valence-corrected chi connectivity index (χ0v) is 13.1. The van der Waals surface area contributed by atoms with Crippen molar-refractivity contribution in [1.82, 2.24) is 29.8 Å². The zero-order chi connectivity index (χ0) is 15.5. The van der Waals surface area contributed by atoms with Crippen molar-refractivity contribution in [3.05, 3.63) is 23.8 Å². The number of hydrogen-bond donors (Lipinski definition) is 1. The van der Waals surface area contributed by atoms with Crippen molar-refractivity contribution in [2.75, 3.05) is 26.2 Å². The van der Waals surface area contributed by atoms with Crippen molar-refractivity contribution in [1.29, 1.82) is 0 Å². The SMILES string of the molecule is Cc1ccnc2nc(C(=O)NCC(C)CN3CCCC3)nn12. The van der Waals surface area contributed by atoms with Crippen molar-refractivity contribution >= 4 is 11.7 Å². The van der Waals surface area contributed by atoms with Crippen LogP contribution in [-0.2, 0) is 0 Å². The van der Waals surface area contributed by atoms with Crippen LogP contribution in [0.2, 0.25) is 0 Å². The molecule has 1 saturated heterocycles. The molecule has 3 rings (SSSR count). The molecule has 1 N–H and O–H groups in total. The largest absolute Gasteiger partial charge is 0.349 e. The van der Waals surface area contributed by atoms with Crippen LogP contribution in [0, 0.1) is 12.8 Å². The lowest BCUT2D eigenvalue weighted by molar-refractivity contribution is 0.0935. The molecule has 1 aliphatic heterocycles. The zero-order valence-electron chi connectivity index (χ0n) is 13.1. The van der Waals surface area contributed by atoms with Gasteiger partial charge in [0.25, 0.3) is 11.7 Å². The molecule has 7 heteroatoms. The average molecular weight is 302 g/mol. The Kier molecular flexibility index (Phi) is 4.33. The maximum atomic E-state index is 12.2. The summed E-state index contributed by atoms with van der Waals surface area (Å²) in [5, 5.41) is 7.14. The van der Waals surface area contributed by atoms with E-state index in [0.717, 1.165) is 12.2 Å². The summed E-state index contributed by atoms with van der Waals surface area (Å²) < 4.78 is 1.59. The fraction of sp³-hybridized carbons (Fsp3) is 0.600. The number of amides is 1. The molecule has 0 aromatic carbocycles. The van der Waals surface area contributed by atoms with Crippen LogP contribution in [0.15, 0.2) is 12.3 Å². The van der Waals surface area contributed by atoms with Gasteiger partial charge in [0.05, 0.1) is 0 Å². The summed E-state index contributed by atoms with van der Waals surface area (Å²) in [5.41, 5.74) is 0.902. The van der Waals surface area contributed by atoms with Crippen LogP contribution < -0.4 is 5.32 Å². The van der Waals surface area contributed by atoms with Crippen LogP contribution >= 0.6 is 0 Å². The van der Waals surface area contributed by atoms with E-state index in [1.807, 2.05) is 13.0 Å². The summed E-state index contributed by atoms with van der Waals surface area (Å²) in [7, 11) is 0. The third-order valence-corrected chi connectivity index (χ3v) is 4.01. The van der Waals surface area contributed by atoms with Gasteiger partial charge in [-0.15, -0.1) is 5.10 Å². The Balaban J connectivity index is 1.57. The first-order chi connectivity index (χ1) is 10.6. The van der Waals surface area contributed by atoms with Gasteiger partial charge in [0, 0.05) is 25.0 Å². The number of hydrogen-bond acceptors (Lipinski definition) is 5. The highest BCUT2D eigenvalue weighted by atomic mass is 16.2. The van der Waals surface area contributed by atoms with Crippen LogP contribution in [0.1, 0.15) is 36.1 Å². The fourth-order valence-corrected chi connectivity index (χ4v) is 2.82. The van der Waals surface area contributed by atoms with Gasteiger partial charge in [-0.25, -0.2) is 9.50 Å². The second kappa shape index (κ2) is 6.39. The minimum absolute atomic E-state index is 0.176. The van der Waals surface area contributed by atoms with E-state index in [9.17, 15) is 4.79 Å². The van der Waals surface area contributed by atoms with Crippen LogP contribution in [0.4, 0.5) is 0 Å². The first kappa shape index (κ1) is 14.9. The Hall–Kier alpha value is -2.02. The molecular weight excluding hydrogens is 280 g/mol. The molecule has 0 radical (unpaired) electrons.